The van der Waals surface area contributed by atoms with Gasteiger partial charge >= 0.3 is 22.8 Å². The molecule has 4 aliphatic heterocycles. The van der Waals surface area contributed by atoms with Crippen LogP contribution in [0.3, 0.4) is 0 Å². The van der Waals surface area contributed by atoms with E-state index in [9.17, 15) is 19.2 Å². The number of anilines is 4. The predicted molar refractivity (Wildman–Crippen MR) is 225 cm³/mol. The van der Waals surface area contributed by atoms with Gasteiger partial charge in [0.1, 0.15) is 69.9 Å². The number of nitrogens with zero attached hydrogens (tertiary/aromatic N) is 8. The number of aliphatic hydroxyl groups is 4. The van der Waals surface area contributed by atoms with Gasteiger partial charge in [0.2, 0.25) is 0 Å². The number of rotatable bonds is 8. The molecule has 24 nitrogen and oxygen atoms in total. The molecular weight excluding hydrogens is 873 g/mol. The first-order valence-electron chi connectivity index (χ1n) is 17.7. The molecule has 4 aliphatic rings. The summed E-state index contributed by atoms with van der Waals surface area (Å²) in [5, 5.41) is 35.5. The summed E-state index contributed by atoms with van der Waals surface area (Å²) in [6, 6.07) is 6.17. The lowest BCUT2D eigenvalue weighted by molar-refractivity contribution is -0.00634. The van der Waals surface area contributed by atoms with E-state index < -0.39 is 22.8 Å². The fourth-order valence-electron chi connectivity index (χ4n) is 5.32. The average Bonchev–Trinajstić information content (AvgIpc) is 4.07. The highest BCUT2D eigenvalue weighted by Crippen LogP contribution is 2.32. The number of nitrogen functional groups attached to an aromatic ring is 4. The van der Waals surface area contributed by atoms with Gasteiger partial charge in [-0.25, -0.2) is 19.2 Å². The molecule has 4 saturated heterocycles. The molecule has 2 unspecified atom stereocenters. The zero-order valence-corrected chi connectivity index (χ0v) is 34.7. The van der Waals surface area contributed by atoms with Crippen LogP contribution in [0.15, 0.2) is 68.2 Å². The van der Waals surface area contributed by atoms with Crippen molar-refractivity contribution in [1.82, 2.24) is 38.2 Å². The smallest absolute Gasteiger partial charge is 0.351 e. The highest BCUT2D eigenvalue weighted by Gasteiger charge is 2.30. The zero-order chi connectivity index (χ0) is 43.3. The van der Waals surface area contributed by atoms with Crippen LogP contribution in [0.5, 0.6) is 0 Å². The maximum atomic E-state index is 11.4. The molecule has 0 saturated carbocycles. The van der Waals surface area contributed by atoms with Gasteiger partial charge in [-0.1, -0.05) is 0 Å². The van der Waals surface area contributed by atoms with Crippen LogP contribution in [0.4, 0.5) is 23.3 Å². The van der Waals surface area contributed by atoms with E-state index in [0.717, 1.165) is 0 Å². The Bertz CT molecular complexity index is 1940. The maximum absolute atomic E-state index is 11.4. The lowest BCUT2D eigenvalue weighted by Gasteiger charge is -2.13. The molecule has 0 bridgehead atoms. The van der Waals surface area contributed by atoms with Crippen LogP contribution >= 0.6 is 47.0 Å². The fraction of sp³-hybridized carbons (Fsp3) is 0.500. The summed E-state index contributed by atoms with van der Waals surface area (Å²) in [4.78, 5) is 60.2. The topological polar surface area (TPSA) is 361 Å². The molecule has 328 valence electrons. The Kier molecular flexibility index (Phi) is 17.6. The maximum Gasteiger partial charge on any atom is 0.351 e. The molecule has 8 heterocycles. The number of aliphatic hydroxyl groups excluding tert-OH is 4. The summed E-state index contributed by atoms with van der Waals surface area (Å²) in [6.45, 7) is -0.229. The highest BCUT2D eigenvalue weighted by molar-refractivity contribution is 8.00. The van der Waals surface area contributed by atoms with Crippen molar-refractivity contribution < 1.29 is 39.4 Å². The van der Waals surface area contributed by atoms with Gasteiger partial charge in [0.15, 0.2) is 0 Å². The summed E-state index contributed by atoms with van der Waals surface area (Å²) >= 11 is 5.87. The first-order valence-corrected chi connectivity index (χ1v) is 21.9. The molecule has 28 heteroatoms. The normalized spacial score (nSPS) is 25.7. The van der Waals surface area contributed by atoms with Gasteiger partial charge in [0, 0.05) is 47.8 Å². The van der Waals surface area contributed by atoms with Crippen molar-refractivity contribution in [1.29, 1.82) is 0 Å². The number of nitrogens with two attached hydrogens (primary N) is 4. The Morgan fingerprint density at radius 3 is 0.800 bits per heavy atom. The summed E-state index contributed by atoms with van der Waals surface area (Å²) in [6.07, 6.45) is 4.73. The molecule has 8 rings (SSSR count). The summed E-state index contributed by atoms with van der Waals surface area (Å²) in [7, 11) is 0. The Hall–Kier alpha value is -4.20. The number of ether oxygens (including phenoxy) is 4. The molecule has 0 spiro atoms. The van der Waals surface area contributed by atoms with Crippen molar-refractivity contribution in [2.24, 2.45) is 0 Å². The van der Waals surface area contributed by atoms with Gasteiger partial charge in [0.25, 0.3) is 0 Å². The second-order valence-electron chi connectivity index (χ2n) is 12.3. The Morgan fingerprint density at radius 2 is 0.650 bits per heavy atom. The molecule has 0 amide bonds. The van der Waals surface area contributed by atoms with Crippen LogP contribution in [0.2, 0.25) is 0 Å². The molecule has 60 heavy (non-hydrogen) atoms. The molecule has 4 aromatic rings. The number of thioether (sulfide) groups is 4. The van der Waals surface area contributed by atoms with Crippen molar-refractivity contribution in [2.75, 3.05) is 72.4 Å². The number of hydrogen-bond donors (Lipinski definition) is 8. The molecule has 0 radical (unpaired) electrons. The van der Waals surface area contributed by atoms with Crippen molar-refractivity contribution in [3.8, 4) is 0 Å². The van der Waals surface area contributed by atoms with E-state index >= 15 is 0 Å². The lowest BCUT2D eigenvalue weighted by atomic mass is 10.5. The average molecular weight is 917 g/mol. The first-order chi connectivity index (χ1) is 28.8. The van der Waals surface area contributed by atoms with E-state index in [4.69, 9.17) is 62.3 Å². The van der Waals surface area contributed by atoms with Gasteiger partial charge in [-0.05, 0) is 24.3 Å². The van der Waals surface area contributed by atoms with Gasteiger partial charge in [-0.2, -0.15) is 19.9 Å². The minimum absolute atomic E-state index is 0.0572. The van der Waals surface area contributed by atoms with E-state index in [2.05, 4.69) is 19.9 Å². The second kappa shape index (κ2) is 22.6. The second-order valence-corrected chi connectivity index (χ2v) is 17.1. The van der Waals surface area contributed by atoms with Gasteiger partial charge in [-0.15, -0.1) is 47.0 Å². The Balaban J connectivity index is 0.000000152. The van der Waals surface area contributed by atoms with Crippen LogP contribution < -0.4 is 45.7 Å². The van der Waals surface area contributed by atoms with Crippen LogP contribution in [0.25, 0.3) is 0 Å². The third-order valence-corrected chi connectivity index (χ3v) is 12.6. The van der Waals surface area contributed by atoms with E-state index in [1.54, 1.807) is 49.1 Å². The summed E-state index contributed by atoms with van der Waals surface area (Å²) in [5.41, 5.74) is 18.7. The molecule has 4 fully saturated rings. The first kappa shape index (κ1) is 46.9. The summed E-state index contributed by atoms with van der Waals surface area (Å²) < 4.78 is 27.1. The SMILES string of the molecule is Nc1ccn([C@@H]2CSC(CO)O2)c(=O)n1.Nc1ccn([C@@H]2CS[C@@H](CO)O2)c(=O)n1.Nc1ccn([C@H]2CSC(CO)O2)c(=O)n1.Nc1ccn([C@H]2CS[C@@H](CO)O2)c(=O)n1. The predicted octanol–water partition coefficient (Wildman–Crippen LogP) is -2.38. The van der Waals surface area contributed by atoms with Gasteiger partial charge in [-0.3, -0.25) is 18.3 Å². The Morgan fingerprint density at radius 1 is 0.450 bits per heavy atom. The van der Waals surface area contributed by atoms with Crippen molar-refractivity contribution in [3.05, 3.63) is 91.0 Å². The minimum atomic E-state index is -0.431. The molecule has 4 aromatic heterocycles. The fourth-order valence-corrected chi connectivity index (χ4v) is 9.04. The molecule has 8 atom stereocenters. The third kappa shape index (κ3) is 12.9. The largest absolute Gasteiger partial charge is 0.393 e. The third-order valence-electron chi connectivity index (χ3n) is 8.18. The number of aromatic nitrogens is 8. The van der Waals surface area contributed by atoms with Crippen molar-refractivity contribution in [3.63, 3.8) is 0 Å². The standard InChI is InChI=1S/4C8H11N3O3S/c4*9-5-1-2-11(8(13)10-5)6-4-15-7(3-12)14-6/h4*1-2,6-7,12H,3-4H2,(H2,9,10,13)/t2*6-,7?;6-,7+;6-,7-/m1010/s1. The quantitative estimate of drug-likeness (QED) is 0.0915. The van der Waals surface area contributed by atoms with E-state index in [0.29, 0.717) is 23.0 Å². The Labute approximate surface area is 356 Å². The lowest BCUT2D eigenvalue weighted by Crippen LogP contribution is -2.28. The van der Waals surface area contributed by atoms with E-state index in [-0.39, 0.29) is 96.4 Å². The number of hydrogen-bond acceptors (Lipinski definition) is 24. The molecule has 12 N–H and O–H groups in total. The van der Waals surface area contributed by atoms with Crippen LogP contribution in [0, 0.1) is 0 Å². The zero-order valence-electron chi connectivity index (χ0n) is 31.5. The van der Waals surface area contributed by atoms with Crippen molar-refractivity contribution >= 4 is 70.3 Å². The highest BCUT2D eigenvalue weighted by atomic mass is 32.2. The van der Waals surface area contributed by atoms with Crippen molar-refractivity contribution in [2.45, 2.75) is 46.7 Å². The van der Waals surface area contributed by atoms with Crippen LogP contribution in [-0.2, 0) is 18.9 Å². The monoisotopic (exact) mass is 916 g/mol. The molecule has 0 aliphatic carbocycles. The van der Waals surface area contributed by atoms with Gasteiger partial charge in [0.05, 0.1) is 26.4 Å². The van der Waals surface area contributed by atoms with Gasteiger partial charge < -0.3 is 62.3 Å². The molecular formula is C32H44N12O12S4. The van der Waals surface area contributed by atoms with Crippen LogP contribution in [-0.4, -0.2) is 130 Å². The molecule has 0 aromatic carbocycles. The van der Waals surface area contributed by atoms with E-state index in [1.165, 1.54) is 65.3 Å². The van der Waals surface area contributed by atoms with Crippen LogP contribution in [0.1, 0.15) is 24.9 Å². The summed E-state index contributed by atoms with van der Waals surface area (Å²) in [5.74, 6) is 3.27. The minimum Gasteiger partial charge on any atom is -0.393 e. The van der Waals surface area contributed by atoms with E-state index in [1.807, 2.05) is 0 Å².